The highest BCUT2D eigenvalue weighted by Gasteiger charge is 2.17. The number of nitrogens with one attached hydrogen (secondary N) is 2. The second-order valence-electron chi connectivity index (χ2n) is 8.03. The molecule has 2 amide bonds. The van der Waals surface area contributed by atoms with Crippen molar-refractivity contribution in [2.45, 2.75) is 33.9 Å². The molecule has 1 aromatic heterocycles. The second kappa shape index (κ2) is 11.1. The average Bonchev–Trinajstić information content (AvgIpc) is 2.84. The van der Waals surface area contributed by atoms with Crippen LogP contribution in [0.2, 0.25) is 5.02 Å². The third-order valence-corrected chi connectivity index (χ3v) is 6.00. The van der Waals surface area contributed by atoms with Crippen LogP contribution in [0, 0.1) is 5.92 Å². The van der Waals surface area contributed by atoms with E-state index >= 15 is 0 Å². The van der Waals surface area contributed by atoms with Crippen LogP contribution in [-0.2, 0) is 17.9 Å². The largest absolute Gasteiger partial charge is 0.351 e. The maximum atomic E-state index is 12.8. The fourth-order valence-corrected chi connectivity index (χ4v) is 3.93. The Kier molecular flexibility index (Phi) is 8.24. The summed E-state index contributed by atoms with van der Waals surface area (Å²) in [5, 5.41) is 6.27. The van der Waals surface area contributed by atoms with Crippen molar-refractivity contribution in [2.75, 3.05) is 18.9 Å². The van der Waals surface area contributed by atoms with Crippen molar-refractivity contribution in [1.82, 2.24) is 14.5 Å². The summed E-state index contributed by atoms with van der Waals surface area (Å²) in [6.07, 6.45) is 1.60. The molecule has 0 radical (unpaired) electrons. The molecule has 9 nitrogen and oxygen atoms in total. The molecule has 0 aliphatic heterocycles. The molecule has 35 heavy (non-hydrogen) atoms. The number of fused-ring (bicyclic) bond motifs is 1. The number of anilines is 1. The van der Waals surface area contributed by atoms with Crippen LogP contribution < -0.4 is 21.9 Å². The number of nitrogens with zero attached hydrogens (tertiary/aromatic N) is 3. The van der Waals surface area contributed by atoms with Gasteiger partial charge >= 0.3 is 5.69 Å². The smallest absolute Gasteiger partial charge is 0.331 e. The van der Waals surface area contributed by atoms with Crippen molar-refractivity contribution in [3.8, 4) is 0 Å². The maximum Gasteiger partial charge on any atom is 0.331 e. The van der Waals surface area contributed by atoms with Crippen LogP contribution in [-0.4, -0.2) is 40.8 Å². The molecule has 0 saturated heterocycles. The van der Waals surface area contributed by atoms with Gasteiger partial charge in [0, 0.05) is 49.7 Å². The number of amides is 2. The van der Waals surface area contributed by atoms with Crippen molar-refractivity contribution in [2.24, 2.45) is 10.9 Å². The fourth-order valence-electron chi connectivity index (χ4n) is 3.70. The molecular formula is C25H28ClN5O4. The summed E-state index contributed by atoms with van der Waals surface area (Å²) >= 11 is 6.18. The second-order valence-corrected chi connectivity index (χ2v) is 8.44. The molecular weight excluding hydrogens is 470 g/mol. The molecule has 3 rings (SSSR count). The third kappa shape index (κ3) is 5.51. The van der Waals surface area contributed by atoms with Crippen molar-refractivity contribution >= 4 is 46.2 Å². The van der Waals surface area contributed by atoms with Crippen molar-refractivity contribution in [3.05, 3.63) is 73.4 Å². The fraction of sp³-hybridized carbons (Fsp3) is 0.320. The zero-order valence-corrected chi connectivity index (χ0v) is 20.8. The predicted octanol–water partition coefficient (Wildman–Crippen LogP) is 2.91. The summed E-state index contributed by atoms with van der Waals surface area (Å²) in [6, 6.07) is 9.76. The van der Waals surface area contributed by atoms with Crippen molar-refractivity contribution < 1.29 is 9.59 Å². The summed E-state index contributed by atoms with van der Waals surface area (Å²) in [6.45, 7) is 6.02. The van der Waals surface area contributed by atoms with E-state index in [4.69, 9.17) is 11.6 Å². The molecule has 0 saturated carbocycles. The molecule has 184 valence electrons. The topological polar surface area (TPSA) is 115 Å². The highest BCUT2D eigenvalue weighted by atomic mass is 35.5. The van der Waals surface area contributed by atoms with Crippen LogP contribution in [0.4, 0.5) is 5.69 Å². The number of hydrogen-bond acceptors (Lipinski definition) is 5. The Hall–Kier alpha value is -3.72. The summed E-state index contributed by atoms with van der Waals surface area (Å²) in [4.78, 5) is 54.4. The van der Waals surface area contributed by atoms with Gasteiger partial charge in [0.05, 0.1) is 21.8 Å². The van der Waals surface area contributed by atoms with Gasteiger partial charge in [0.1, 0.15) is 0 Å². The first-order valence-corrected chi connectivity index (χ1v) is 11.7. The number of benzene rings is 2. The Balaban J connectivity index is 1.72. The molecule has 0 bridgehead atoms. The van der Waals surface area contributed by atoms with E-state index in [0.717, 1.165) is 0 Å². The first-order chi connectivity index (χ1) is 16.7. The number of aromatic nitrogens is 2. The standard InChI is InChI=1S/C25H28ClN5O4/c1-5-30-21-10-9-18(12-19(21)24(34)31(6-2)25(30)35)29-22(32)15(3)13-28-23(33)16-7-8-17(14-27-4)20(26)11-16/h7-12,14-15H,5-6,13H2,1-4H3,(H,28,33)(H,29,32). The molecule has 1 atom stereocenters. The van der Waals surface area contributed by atoms with Crippen LogP contribution in [0.3, 0.4) is 0 Å². The SMILES string of the molecule is CCn1c(=O)c2cc(NC(=O)C(C)CNC(=O)c3ccc(C=NC)c(Cl)c3)ccc2n(CC)c1=O. The minimum atomic E-state index is -0.548. The van der Waals surface area contributed by atoms with E-state index in [-0.39, 0.29) is 30.6 Å². The Morgan fingerprint density at radius 3 is 2.43 bits per heavy atom. The first kappa shape index (κ1) is 25.9. The highest BCUT2D eigenvalue weighted by molar-refractivity contribution is 6.33. The van der Waals surface area contributed by atoms with E-state index < -0.39 is 11.5 Å². The minimum Gasteiger partial charge on any atom is -0.351 e. The van der Waals surface area contributed by atoms with Gasteiger partial charge in [0.2, 0.25) is 5.91 Å². The predicted molar refractivity (Wildman–Crippen MR) is 139 cm³/mol. The number of hydrogen-bond donors (Lipinski definition) is 2. The van der Waals surface area contributed by atoms with Gasteiger partial charge in [-0.1, -0.05) is 24.6 Å². The van der Waals surface area contributed by atoms with Gasteiger partial charge in [-0.3, -0.25) is 28.5 Å². The molecule has 0 aliphatic rings. The maximum absolute atomic E-state index is 12.8. The van der Waals surface area contributed by atoms with Crippen LogP contribution in [0.5, 0.6) is 0 Å². The summed E-state index contributed by atoms with van der Waals surface area (Å²) in [5.41, 5.74) is 1.27. The minimum absolute atomic E-state index is 0.103. The van der Waals surface area contributed by atoms with Gasteiger partial charge in [-0.25, -0.2) is 4.79 Å². The van der Waals surface area contributed by atoms with E-state index in [1.807, 2.05) is 6.92 Å². The van der Waals surface area contributed by atoms with Crippen molar-refractivity contribution in [1.29, 1.82) is 0 Å². The molecule has 1 unspecified atom stereocenters. The van der Waals surface area contributed by atoms with Crippen molar-refractivity contribution in [3.63, 3.8) is 0 Å². The number of carbonyl (C=O) groups excluding carboxylic acids is 2. The zero-order chi connectivity index (χ0) is 25.7. The van der Waals surface area contributed by atoms with E-state index in [9.17, 15) is 19.2 Å². The average molecular weight is 498 g/mol. The molecule has 0 spiro atoms. The quantitative estimate of drug-likeness (QED) is 0.465. The normalized spacial score (nSPS) is 12.1. The summed E-state index contributed by atoms with van der Waals surface area (Å²) < 4.78 is 2.70. The summed E-state index contributed by atoms with van der Waals surface area (Å²) in [5.74, 6) is -1.22. The Bertz CT molecular complexity index is 1420. The van der Waals surface area contributed by atoms with Crippen LogP contribution in [0.25, 0.3) is 10.9 Å². The van der Waals surface area contributed by atoms with Crippen LogP contribution in [0.1, 0.15) is 36.7 Å². The van der Waals surface area contributed by atoms with Gasteiger partial charge in [-0.05, 0) is 44.2 Å². The van der Waals surface area contributed by atoms with E-state index in [0.29, 0.717) is 39.3 Å². The van der Waals surface area contributed by atoms with Gasteiger partial charge < -0.3 is 10.6 Å². The third-order valence-electron chi connectivity index (χ3n) is 5.67. The molecule has 0 aliphatic carbocycles. The van der Waals surface area contributed by atoms with Gasteiger partial charge in [0.15, 0.2) is 0 Å². The van der Waals surface area contributed by atoms with E-state index in [1.54, 1.807) is 63.5 Å². The number of halogens is 1. The molecule has 0 fully saturated rings. The van der Waals surface area contributed by atoms with E-state index in [2.05, 4.69) is 15.6 Å². The van der Waals surface area contributed by atoms with Crippen LogP contribution in [0.15, 0.2) is 51.0 Å². The molecule has 3 aromatic rings. The molecule has 2 aromatic carbocycles. The van der Waals surface area contributed by atoms with Gasteiger partial charge in [0.25, 0.3) is 11.5 Å². The van der Waals surface area contributed by atoms with Gasteiger partial charge in [-0.15, -0.1) is 0 Å². The number of rotatable bonds is 8. The Morgan fingerprint density at radius 2 is 1.80 bits per heavy atom. The number of carbonyl (C=O) groups is 2. The number of aryl methyl sites for hydroxylation is 1. The van der Waals surface area contributed by atoms with Crippen LogP contribution >= 0.6 is 11.6 Å². The Labute approximate surface area is 207 Å². The molecule has 2 N–H and O–H groups in total. The molecule has 1 heterocycles. The lowest BCUT2D eigenvalue weighted by molar-refractivity contribution is -0.119. The lowest BCUT2D eigenvalue weighted by Crippen LogP contribution is -2.39. The first-order valence-electron chi connectivity index (χ1n) is 11.3. The monoisotopic (exact) mass is 497 g/mol. The lowest BCUT2D eigenvalue weighted by Gasteiger charge is -2.15. The summed E-state index contributed by atoms with van der Waals surface area (Å²) in [7, 11) is 1.63. The molecule has 10 heteroatoms. The lowest BCUT2D eigenvalue weighted by atomic mass is 10.1. The number of aliphatic imine (C=N–C) groups is 1. The zero-order valence-electron chi connectivity index (χ0n) is 20.1. The van der Waals surface area contributed by atoms with Gasteiger partial charge in [-0.2, -0.15) is 0 Å². The van der Waals surface area contributed by atoms with E-state index in [1.165, 1.54) is 9.13 Å². The highest BCUT2D eigenvalue weighted by Crippen LogP contribution is 2.18. The Morgan fingerprint density at radius 1 is 1.09 bits per heavy atom.